The highest BCUT2D eigenvalue weighted by Crippen LogP contribution is 2.11. The van der Waals surface area contributed by atoms with Crippen LogP contribution in [0.15, 0.2) is 53.9 Å². The number of benzene rings is 2. The van der Waals surface area contributed by atoms with E-state index in [2.05, 4.69) is 5.43 Å². The molecule has 132 valence electrons. The average molecular weight is 381 g/mol. The molecule has 6 nitrogen and oxygen atoms in total. The molecule has 25 heavy (non-hydrogen) atoms. The maximum absolute atomic E-state index is 11.8. The largest absolute Gasteiger partial charge is 0.484 e. The normalized spacial score (nSPS) is 11.4. The molecular formula is C17H17ClN2O4S. The highest BCUT2D eigenvalue weighted by atomic mass is 35.5. The van der Waals surface area contributed by atoms with Crippen molar-refractivity contribution in [2.45, 2.75) is 6.92 Å². The van der Waals surface area contributed by atoms with E-state index >= 15 is 0 Å². The molecule has 0 saturated heterocycles. The molecule has 0 aromatic heterocycles. The molecule has 0 fully saturated rings. The Morgan fingerprint density at radius 1 is 1.12 bits per heavy atom. The number of carbonyl (C=O) groups excluding carboxylic acids is 1. The molecule has 8 heteroatoms. The second-order valence-electron chi connectivity index (χ2n) is 5.15. The van der Waals surface area contributed by atoms with Crippen molar-refractivity contribution in [1.29, 1.82) is 0 Å². The van der Waals surface area contributed by atoms with Crippen molar-refractivity contribution < 1.29 is 17.9 Å². The van der Waals surface area contributed by atoms with Crippen molar-refractivity contribution in [2.75, 3.05) is 6.61 Å². The second-order valence-corrected chi connectivity index (χ2v) is 7.15. The first kappa shape index (κ1) is 19.0. The molecule has 0 atom stereocenters. The molecule has 0 saturated carbocycles. The van der Waals surface area contributed by atoms with Crippen LogP contribution in [0.1, 0.15) is 11.1 Å². The molecule has 0 spiro atoms. The van der Waals surface area contributed by atoms with Crippen LogP contribution in [0.5, 0.6) is 5.75 Å². The summed E-state index contributed by atoms with van der Waals surface area (Å²) in [5.41, 5.74) is 3.80. The van der Waals surface area contributed by atoms with Gasteiger partial charge in [0.2, 0.25) is 0 Å². The van der Waals surface area contributed by atoms with Gasteiger partial charge in [-0.25, -0.2) is 8.42 Å². The van der Waals surface area contributed by atoms with Gasteiger partial charge in [-0.1, -0.05) is 41.4 Å². The number of rotatable bonds is 7. The number of ether oxygens (including phenoxy) is 1. The molecule has 0 bridgehead atoms. The summed E-state index contributed by atoms with van der Waals surface area (Å²) in [5, 5.41) is 1.50. The van der Waals surface area contributed by atoms with E-state index < -0.39 is 15.9 Å². The predicted molar refractivity (Wildman–Crippen MR) is 97.4 cm³/mol. The van der Waals surface area contributed by atoms with Gasteiger partial charge in [-0.2, -0.15) is 0 Å². The van der Waals surface area contributed by atoms with Gasteiger partial charge in [-0.3, -0.25) is 10.2 Å². The molecule has 0 heterocycles. The Labute approximate surface area is 151 Å². The third-order valence-electron chi connectivity index (χ3n) is 3.03. The smallest absolute Gasteiger partial charge is 0.272 e. The van der Waals surface area contributed by atoms with Crippen LogP contribution in [0.2, 0.25) is 5.02 Å². The molecule has 0 unspecified atom stereocenters. The van der Waals surface area contributed by atoms with Crippen molar-refractivity contribution in [3.8, 4) is 5.75 Å². The van der Waals surface area contributed by atoms with Gasteiger partial charge in [-0.05, 0) is 42.8 Å². The number of carbonyl (C=O) groups is 1. The van der Waals surface area contributed by atoms with E-state index in [4.69, 9.17) is 16.3 Å². The van der Waals surface area contributed by atoms with Gasteiger partial charge in [-0.15, -0.1) is 4.83 Å². The third-order valence-corrected chi connectivity index (χ3v) is 4.17. The first-order valence-electron chi connectivity index (χ1n) is 7.28. The fourth-order valence-corrected chi connectivity index (χ4v) is 2.51. The SMILES string of the molecule is Cc1ccc(OCC(=O)NNS(=O)(=O)/C=C/c2ccc(Cl)cc2)cc1. The Morgan fingerprint density at radius 2 is 1.76 bits per heavy atom. The maximum Gasteiger partial charge on any atom is 0.272 e. The Hall–Kier alpha value is -2.35. The number of hydrogen-bond donors (Lipinski definition) is 2. The zero-order valence-electron chi connectivity index (χ0n) is 13.4. The van der Waals surface area contributed by atoms with E-state index in [1.807, 2.05) is 23.9 Å². The van der Waals surface area contributed by atoms with E-state index in [1.165, 1.54) is 6.08 Å². The predicted octanol–water partition coefficient (Wildman–Crippen LogP) is 2.65. The van der Waals surface area contributed by atoms with E-state index in [-0.39, 0.29) is 6.61 Å². The number of hydrazine groups is 1. The minimum Gasteiger partial charge on any atom is -0.484 e. The molecule has 0 aliphatic carbocycles. The van der Waals surface area contributed by atoms with Crippen LogP contribution < -0.4 is 15.0 Å². The molecular weight excluding hydrogens is 364 g/mol. The lowest BCUT2D eigenvalue weighted by atomic mass is 10.2. The van der Waals surface area contributed by atoms with Crippen LogP contribution in [-0.2, 0) is 14.8 Å². The van der Waals surface area contributed by atoms with Gasteiger partial charge >= 0.3 is 0 Å². The summed E-state index contributed by atoms with van der Waals surface area (Å²) in [6.45, 7) is 1.62. The van der Waals surface area contributed by atoms with Gasteiger partial charge in [0.1, 0.15) is 5.75 Å². The van der Waals surface area contributed by atoms with E-state index in [1.54, 1.807) is 36.4 Å². The number of aryl methyl sites for hydroxylation is 1. The van der Waals surface area contributed by atoms with Gasteiger partial charge < -0.3 is 4.74 Å². The van der Waals surface area contributed by atoms with Crippen LogP contribution in [0.25, 0.3) is 6.08 Å². The first-order chi connectivity index (χ1) is 11.8. The van der Waals surface area contributed by atoms with E-state index in [0.717, 1.165) is 11.0 Å². The zero-order valence-corrected chi connectivity index (χ0v) is 15.0. The molecule has 2 rings (SSSR count). The lowest BCUT2D eigenvalue weighted by Gasteiger charge is -2.08. The molecule has 0 aliphatic rings. The van der Waals surface area contributed by atoms with Crippen LogP contribution in [0.4, 0.5) is 0 Å². The van der Waals surface area contributed by atoms with Gasteiger partial charge in [0.15, 0.2) is 6.61 Å². The average Bonchev–Trinajstić information content (AvgIpc) is 2.59. The topological polar surface area (TPSA) is 84.5 Å². The number of nitrogens with one attached hydrogen (secondary N) is 2. The van der Waals surface area contributed by atoms with Gasteiger partial charge in [0.25, 0.3) is 15.9 Å². The van der Waals surface area contributed by atoms with Crippen LogP contribution in [-0.4, -0.2) is 20.9 Å². The van der Waals surface area contributed by atoms with Crippen molar-refractivity contribution >= 4 is 33.6 Å². The number of amides is 1. The number of hydrogen-bond acceptors (Lipinski definition) is 4. The van der Waals surface area contributed by atoms with Crippen molar-refractivity contribution in [1.82, 2.24) is 10.3 Å². The van der Waals surface area contributed by atoms with Crippen LogP contribution in [0, 0.1) is 6.92 Å². The standard InChI is InChI=1S/C17H17ClN2O4S/c1-13-2-8-16(9-3-13)24-12-17(21)19-20-25(22,23)11-10-14-4-6-15(18)7-5-14/h2-11,20H,12H2,1H3,(H,19,21)/b11-10+. The Bertz CT molecular complexity index is 847. The molecule has 2 aromatic carbocycles. The fourth-order valence-electron chi connectivity index (χ4n) is 1.72. The van der Waals surface area contributed by atoms with Crippen LogP contribution >= 0.6 is 11.6 Å². The van der Waals surface area contributed by atoms with Crippen molar-refractivity contribution in [2.24, 2.45) is 0 Å². The highest BCUT2D eigenvalue weighted by Gasteiger charge is 2.08. The lowest BCUT2D eigenvalue weighted by molar-refractivity contribution is -0.123. The quantitative estimate of drug-likeness (QED) is 0.723. The summed E-state index contributed by atoms with van der Waals surface area (Å²) in [5.74, 6) is -0.102. The van der Waals surface area contributed by atoms with Crippen molar-refractivity contribution in [3.05, 3.63) is 70.1 Å². The summed E-state index contributed by atoms with van der Waals surface area (Å²) < 4.78 is 28.9. The van der Waals surface area contributed by atoms with Gasteiger partial charge in [0.05, 0.1) is 0 Å². The monoisotopic (exact) mass is 380 g/mol. The lowest BCUT2D eigenvalue weighted by Crippen LogP contribution is -2.42. The molecule has 0 radical (unpaired) electrons. The first-order valence-corrected chi connectivity index (χ1v) is 9.20. The molecule has 1 amide bonds. The fraction of sp³-hybridized carbons (Fsp3) is 0.118. The number of halogens is 1. The second kappa shape index (κ2) is 8.66. The minimum absolute atomic E-state index is 0.313. The zero-order chi connectivity index (χ0) is 18.3. The van der Waals surface area contributed by atoms with E-state index in [0.29, 0.717) is 16.3 Å². The summed E-state index contributed by atoms with van der Waals surface area (Å²) in [7, 11) is -3.82. The van der Waals surface area contributed by atoms with Gasteiger partial charge in [0, 0.05) is 10.4 Å². The van der Waals surface area contributed by atoms with Crippen LogP contribution in [0.3, 0.4) is 0 Å². The molecule has 0 aliphatic heterocycles. The minimum atomic E-state index is -3.82. The van der Waals surface area contributed by atoms with Crippen molar-refractivity contribution in [3.63, 3.8) is 0 Å². The maximum atomic E-state index is 11.8. The molecule has 2 aromatic rings. The third kappa shape index (κ3) is 6.96. The summed E-state index contributed by atoms with van der Waals surface area (Å²) >= 11 is 5.75. The summed E-state index contributed by atoms with van der Waals surface area (Å²) in [6, 6.07) is 13.8. The summed E-state index contributed by atoms with van der Waals surface area (Å²) in [6.07, 6.45) is 1.38. The number of sulfonamides is 1. The Balaban J connectivity index is 1.81. The summed E-state index contributed by atoms with van der Waals surface area (Å²) in [4.78, 5) is 13.6. The molecule has 2 N–H and O–H groups in total. The Kier molecular flexibility index (Phi) is 6.58. The Morgan fingerprint density at radius 3 is 2.40 bits per heavy atom. The van der Waals surface area contributed by atoms with E-state index in [9.17, 15) is 13.2 Å². The highest BCUT2D eigenvalue weighted by molar-refractivity contribution is 7.92.